The zero-order valence-electron chi connectivity index (χ0n) is 10.0. The number of anilines is 1. The molecule has 1 aliphatic rings. The Hall–Kier alpha value is -1.46. The highest BCUT2D eigenvalue weighted by atomic mass is 35.5. The third-order valence-electron chi connectivity index (χ3n) is 2.53. The van der Waals surface area contributed by atoms with Gasteiger partial charge in [-0.2, -0.15) is 0 Å². The van der Waals surface area contributed by atoms with Gasteiger partial charge in [-0.05, 0) is 18.2 Å². The van der Waals surface area contributed by atoms with E-state index >= 15 is 0 Å². The molecule has 1 aliphatic heterocycles. The van der Waals surface area contributed by atoms with Gasteiger partial charge in [-0.1, -0.05) is 23.7 Å². The molecule has 0 bridgehead atoms. The van der Waals surface area contributed by atoms with Crippen LogP contribution in [0.15, 0.2) is 40.8 Å². The molecule has 0 saturated carbocycles. The number of hydrogen-bond donors (Lipinski definition) is 0. The number of hydrogen-bond acceptors (Lipinski definition) is 4. The first kappa shape index (κ1) is 14.0. The molecular formula is C13H12ClNO3S. The van der Waals surface area contributed by atoms with Crippen molar-refractivity contribution in [2.45, 2.75) is 4.90 Å². The summed E-state index contributed by atoms with van der Waals surface area (Å²) in [6, 6.07) is 7.50. The zero-order valence-corrected chi connectivity index (χ0v) is 11.6. The Bertz CT molecular complexity index is 518. The Morgan fingerprint density at radius 1 is 1.47 bits per heavy atom. The molecule has 0 spiro atoms. The lowest BCUT2D eigenvalue weighted by atomic mass is 10.2. The molecule has 0 saturated heterocycles. The fourth-order valence-corrected chi connectivity index (χ4v) is 2.69. The van der Waals surface area contributed by atoms with Crippen LogP contribution >= 0.6 is 23.4 Å². The van der Waals surface area contributed by atoms with Gasteiger partial charge in [-0.25, -0.2) is 0 Å². The molecule has 100 valence electrons. The molecule has 0 unspecified atom stereocenters. The van der Waals surface area contributed by atoms with E-state index in [-0.39, 0.29) is 19.1 Å². The third kappa shape index (κ3) is 3.52. The van der Waals surface area contributed by atoms with E-state index < -0.39 is 5.97 Å². The van der Waals surface area contributed by atoms with Crippen LogP contribution in [0.2, 0.25) is 0 Å². The summed E-state index contributed by atoms with van der Waals surface area (Å²) in [6.45, 7) is 0.0350. The van der Waals surface area contributed by atoms with Crippen molar-refractivity contribution in [2.24, 2.45) is 0 Å². The lowest BCUT2D eigenvalue weighted by molar-refractivity contribution is -0.141. The Kier molecular flexibility index (Phi) is 4.87. The first-order valence-electron chi connectivity index (χ1n) is 5.65. The van der Waals surface area contributed by atoms with Gasteiger partial charge in [0.2, 0.25) is 5.91 Å². The van der Waals surface area contributed by atoms with E-state index in [0.717, 1.165) is 10.6 Å². The topological polar surface area (TPSA) is 46.6 Å². The van der Waals surface area contributed by atoms with Gasteiger partial charge in [-0.3, -0.25) is 14.5 Å². The molecule has 0 radical (unpaired) electrons. The molecular weight excluding hydrogens is 286 g/mol. The minimum Gasteiger partial charge on any atom is -0.460 e. The SMILES string of the molecule is O=C(CN1C(=O)CSc2ccccc21)OC/C=C/Cl. The predicted octanol–water partition coefficient (Wildman–Crippen LogP) is 2.42. The summed E-state index contributed by atoms with van der Waals surface area (Å²) < 4.78 is 4.94. The zero-order chi connectivity index (χ0) is 13.7. The van der Waals surface area contributed by atoms with Gasteiger partial charge in [-0.15, -0.1) is 11.8 Å². The minimum atomic E-state index is -0.454. The molecule has 0 atom stereocenters. The van der Waals surface area contributed by atoms with Gasteiger partial charge < -0.3 is 4.74 Å². The highest BCUT2D eigenvalue weighted by Gasteiger charge is 2.26. The summed E-state index contributed by atoms with van der Waals surface area (Å²) in [5.41, 5.74) is 2.04. The maximum atomic E-state index is 11.9. The van der Waals surface area contributed by atoms with Crippen LogP contribution in [-0.2, 0) is 14.3 Å². The number of rotatable bonds is 4. The van der Waals surface area contributed by atoms with Crippen LogP contribution in [0.4, 0.5) is 5.69 Å². The lowest BCUT2D eigenvalue weighted by Gasteiger charge is -2.27. The Balaban J connectivity index is 2.07. The second-order valence-corrected chi connectivity index (χ2v) is 5.05. The summed E-state index contributed by atoms with van der Waals surface area (Å²) in [4.78, 5) is 26.0. The average Bonchev–Trinajstić information content (AvgIpc) is 2.42. The van der Waals surface area contributed by atoms with E-state index in [4.69, 9.17) is 16.3 Å². The predicted molar refractivity (Wildman–Crippen MR) is 75.5 cm³/mol. The number of esters is 1. The summed E-state index contributed by atoms with van der Waals surface area (Å²) in [7, 11) is 0. The number of halogens is 1. The van der Waals surface area contributed by atoms with E-state index in [1.807, 2.05) is 24.3 Å². The van der Waals surface area contributed by atoms with Crippen LogP contribution in [0.25, 0.3) is 0 Å². The van der Waals surface area contributed by atoms with Crippen LogP contribution in [0.1, 0.15) is 0 Å². The van der Waals surface area contributed by atoms with Crippen LogP contribution in [0.5, 0.6) is 0 Å². The Morgan fingerprint density at radius 3 is 3.05 bits per heavy atom. The summed E-state index contributed by atoms with van der Waals surface area (Å²) >= 11 is 6.81. The van der Waals surface area contributed by atoms with Gasteiger partial charge >= 0.3 is 5.97 Å². The van der Waals surface area contributed by atoms with Crippen molar-refractivity contribution >= 4 is 40.9 Å². The second kappa shape index (κ2) is 6.63. The van der Waals surface area contributed by atoms with Crippen LogP contribution < -0.4 is 4.90 Å². The summed E-state index contributed by atoms with van der Waals surface area (Å²) in [5, 5.41) is 0. The van der Waals surface area contributed by atoms with Gasteiger partial charge in [0.15, 0.2) is 0 Å². The molecule has 1 heterocycles. The molecule has 1 aromatic rings. The Labute approximate surface area is 120 Å². The van der Waals surface area contributed by atoms with Crippen molar-refractivity contribution in [3.63, 3.8) is 0 Å². The Morgan fingerprint density at radius 2 is 2.26 bits per heavy atom. The number of amides is 1. The van der Waals surface area contributed by atoms with E-state index in [2.05, 4.69) is 0 Å². The van der Waals surface area contributed by atoms with E-state index in [9.17, 15) is 9.59 Å². The number of carbonyl (C=O) groups excluding carboxylic acids is 2. The van der Waals surface area contributed by atoms with Crippen LogP contribution in [0.3, 0.4) is 0 Å². The second-order valence-electron chi connectivity index (χ2n) is 3.78. The standard InChI is InChI=1S/C13H12ClNO3S/c14-6-3-7-18-13(17)8-15-10-4-1-2-5-11(10)19-9-12(15)16/h1-6H,7-9H2/b6-3+. The quantitative estimate of drug-likeness (QED) is 0.801. The van der Waals surface area contributed by atoms with Gasteiger partial charge in [0, 0.05) is 10.4 Å². The molecule has 0 fully saturated rings. The molecule has 0 N–H and O–H groups in total. The fourth-order valence-electron chi connectivity index (χ4n) is 1.68. The van der Waals surface area contributed by atoms with Crippen LogP contribution in [-0.4, -0.2) is 30.8 Å². The highest BCUT2D eigenvalue weighted by molar-refractivity contribution is 8.00. The normalized spacial score (nSPS) is 14.6. The minimum absolute atomic E-state index is 0.0769. The summed E-state index contributed by atoms with van der Waals surface area (Å²) in [5.74, 6) is -0.204. The van der Waals surface area contributed by atoms with E-state index in [1.165, 1.54) is 28.3 Å². The van der Waals surface area contributed by atoms with Crippen molar-refractivity contribution in [3.05, 3.63) is 35.9 Å². The number of fused-ring (bicyclic) bond motifs is 1. The molecule has 1 amide bonds. The highest BCUT2D eigenvalue weighted by Crippen LogP contribution is 2.34. The van der Waals surface area contributed by atoms with E-state index in [0.29, 0.717) is 5.75 Å². The van der Waals surface area contributed by atoms with Crippen LogP contribution in [0, 0.1) is 0 Å². The molecule has 4 nitrogen and oxygen atoms in total. The van der Waals surface area contributed by atoms with Crippen molar-refractivity contribution < 1.29 is 14.3 Å². The molecule has 19 heavy (non-hydrogen) atoms. The number of carbonyl (C=O) groups is 2. The number of nitrogens with zero attached hydrogens (tertiary/aromatic N) is 1. The fraction of sp³-hybridized carbons (Fsp3) is 0.231. The monoisotopic (exact) mass is 297 g/mol. The molecule has 2 rings (SSSR count). The van der Waals surface area contributed by atoms with Gasteiger partial charge in [0.1, 0.15) is 13.2 Å². The van der Waals surface area contributed by atoms with Gasteiger partial charge in [0.25, 0.3) is 0 Å². The molecule has 6 heteroatoms. The van der Waals surface area contributed by atoms with Gasteiger partial charge in [0.05, 0.1) is 11.4 Å². The smallest absolute Gasteiger partial charge is 0.326 e. The number of ether oxygens (including phenoxy) is 1. The summed E-state index contributed by atoms with van der Waals surface area (Å²) in [6.07, 6.45) is 1.52. The number of benzene rings is 1. The lowest BCUT2D eigenvalue weighted by Crippen LogP contribution is -2.39. The number of thioether (sulfide) groups is 1. The van der Waals surface area contributed by atoms with Crippen molar-refractivity contribution in [1.82, 2.24) is 0 Å². The largest absolute Gasteiger partial charge is 0.460 e. The van der Waals surface area contributed by atoms with E-state index in [1.54, 1.807) is 0 Å². The molecule has 1 aromatic carbocycles. The molecule has 0 aliphatic carbocycles. The first-order chi connectivity index (χ1) is 9.22. The first-order valence-corrected chi connectivity index (χ1v) is 7.07. The maximum absolute atomic E-state index is 11.9. The number of para-hydroxylation sites is 1. The third-order valence-corrected chi connectivity index (χ3v) is 3.75. The van der Waals surface area contributed by atoms with Crippen molar-refractivity contribution in [1.29, 1.82) is 0 Å². The maximum Gasteiger partial charge on any atom is 0.326 e. The molecule has 0 aromatic heterocycles. The van der Waals surface area contributed by atoms with Crippen molar-refractivity contribution in [3.8, 4) is 0 Å². The van der Waals surface area contributed by atoms with Crippen molar-refractivity contribution in [2.75, 3.05) is 23.8 Å². The average molecular weight is 298 g/mol.